The SMILES string of the molecule is Cc1c(NCCCc2ccccc2)cccc1S(N)(=O)=O. The van der Waals surface area contributed by atoms with E-state index in [0.29, 0.717) is 5.56 Å². The minimum Gasteiger partial charge on any atom is -0.385 e. The number of benzene rings is 2. The predicted molar refractivity (Wildman–Crippen MR) is 85.8 cm³/mol. The fourth-order valence-electron chi connectivity index (χ4n) is 2.27. The third-order valence-electron chi connectivity index (χ3n) is 3.39. The first-order valence-corrected chi connectivity index (χ1v) is 8.43. The Morgan fingerprint density at radius 1 is 1.05 bits per heavy atom. The molecule has 112 valence electrons. The van der Waals surface area contributed by atoms with Gasteiger partial charge in [-0.15, -0.1) is 0 Å². The van der Waals surface area contributed by atoms with E-state index >= 15 is 0 Å². The van der Waals surface area contributed by atoms with Gasteiger partial charge in [0.15, 0.2) is 0 Å². The zero-order valence-corrected chi connectivity index (χ0v) is 12.9. The van der Waals surface area contributed by atoms with Gasteiger partial charge in [0.2, 0.25) is 10.0 Å². The topological polar surface area (TPSA) is 72.2 Å². The van der Waals surface area contributed by atoms with Crippen molar-refractivity contribution in [3.63, 3.8) is 0 Å². The summed E-state index contributed by atoms with van der Waals surface area (Å²) < 4.78 is 22.9. The van der Waals surface area contributed by atoms with E-state index in [1.165, 1.54) is 11.6 Å². The van der Waals surface area contributed by atoms with Crippen molar-refractivity contribution in [1.29, 1.82) is 0 Å². The maximum absolute atomic E-state index is 11.5. The molecule has 0 saturated heterocycles. The van der Waals surface area contributed by atoms with Gasteiger partial charge in [-0.25, -0.2) is 13.6 Å². The van der Waals surface area contributed by atoms with Crippen molar-refractivity contribution in [3.05, 3.63) is 59.7 Å². The van der Waals surface area contributed by atoms with Crippen molar-refractivity contribution in [2.24, 2.45) is 5.14 Å². The van der Waals surface area contributed by atoms with Crippen LogP contribution in [0.1, 0.15) is 17.5 Å². The first kappa shape index (κ1) is 15.5. The number of sulfonamides is 1. The fraction of sp³-hybridized carbons (Fsp3) is 0.250. The molecule has 5 heteroatoms. The Balaban J connectivity index is 1.95. The van der Waals surface area contributed by atoms with Gasteiger partial charge >= 0.3 is 0 Å². The summed E-state index contributed by atoms with van der Waals surface area (Å²) in [5.74, 6) is 0. The van der Waals surface area contributed by atoms with Crippen LogP contribution in [0, 0.1) is 6.92 Å². The lowest BCUT2D eigenvalue weighted by molar-refractivity contribution is 0.597. The molecule has 0 atom stereocenters. The lowest BCUT2D eigenvalue weighted by atomic mass is 10.1. The van der Waals surface area contributed by atoms with E-state index in [2.05, 4.69) is 17.4 Å². The Bertz CT molecular complexity index is 697. The van der Waals surface area contributed by atoms with Crippen LogP contribution in [0.4, 0.5) is 5.69 Å². The van der Waals surface area contributed by atoms with Gasteiger partial charge in [0.05, 0.1) is 4.90 Å². The van der Waals surface area contributed by atoms with E-state index < -0.39 is 10.0 Å². The standard InChI is InChI=1S/C16H20N2O2S/c1-13-15(10-5-11-16(13)21(17,19)20)18-12-6-9-14-7-3-2-4-8-14/h2-5,7-8,10-11,18H,6,9,12H2,1H3,(H2,17,19,20). The van der Waals surface area contributed by atoms with Crippen LogP contribution in [-0.4, -0.2) is 15.0 Å². The first-order chi connectivity index (χ1) is 9.98. The van der Waals surface area contributed by atoms with E-state index in [1.54, 1.807) is 13.0 Å². The Morgan fingerprint density at radius 2 is 1.76 bits per heavy atom. The molecule has 3 N–H and O–H groups in total. The maximum Gasteiger partial charge on any atom is 0.238 e. The molecule has 0 aliphatic rings. The van der Waals surface area contributed by atoms with Crippen LogP contribution in [0.3, 0.4) is 0 Å². The summed E-state index contributed by atoms with van der Waals surface area (Å²) in [5.41, 5.74) is 2.78. The lowest BCUT2D eigenvalue weighted by Crippen LogP contribution is -2.15. The molecular weight excluding hydrogens is 284 g/mol. The molecular formula is C16H20N2O2S. The number of aryl methyl sites for hydroxylation is 1. The molecule has 0 aromatic heterocycles. The highest BCUT2D eigenvalue weighted by atomic mass is 32.2. The number of hydrogen-bond donors (Lipinski definition) is 2. The van der Waals surface area contributed by atoms with Gasteiger partial charge in [-0.2, -0.15) is 0 Å². The number of hydrogen-bond acceptors (Lipinski definition) is 3. The number of primary sulfonamides is 1. The summed E-state index contributed by atoms with van der Waals surface area (Å²) in [4.78, 5) is 0.176. The van der Waals surface area contributed by atoms with Gasteiger partial charge in [-0.1, -0.05) is 36.4 Å². The summed E-state index contributed by atoms with van der Waals surface area (Å²) in [5, 5.41) is 8.48. The predicted octanol–water partition coefficient (Wildman–Crippen LogP) is 2.69. The molecule has 4 nitrogen and oxygen atoms in total. The molecule has 0 spiro atoms. The van der Waals surface area contributed by atoms with Crippen LogP contribution in [-0.2, 0) is 16.4 Å². The second-order valence-corrected chi connectivity index (χ2v) is 6.52. The molecule has 0 fully saturated rings. The molecule has 0 unspecified atom stereocenters. The van der Waals surface area contributed by atoms with Crippen molar-refractivity contribution in [1.82, 2.24) is 0 Å². The monoisotopic (exact) mass is 304 g/mol. The van der Waals surface area contributed by atoms with Gasteiger partial charge in [-0.05, 0) is 43.0 Å². The van der Waals surface area contributed by atoms with Crippen molar-refractivity contribution >= 4 is 15.7 Å². The molecule has 0 aliphatic carbocycles. The highest BCUT2D eigenvalue weighted by molar-refractivity contribution is 7.89. The third kappa shape index (κ3) is 4.31. The summed E-state index contributed by atoms with van der Waals surface area (Å²) in [6.07, 6.45) is 1.96. The number of nitrogens with two attached hydrogens (primary N) is 1. The zero-order valence-electron chi connectivity index (χ0n) is 12.0. The van der Waals surface area contributed by atoms with Crippen LogP contribution in [0.2, 0.25) is 0 Å². The van der Waals surface area contributed by atoms with Crippen molar-refractivity contribution < 1.29 is 8.42 Å². The van der Waals surface area contributed by atoms with Gasteiger partial charge in [0.25, 0.3) is 0 Å². The van der Waals surface area contributed by atoms with Gasteiger partial charge in [0, 0.05) is 12.2 Å². The average molecular weight is 304 g/mol. The fourth-order valence-corrected chi connectivity index (χ4v) is 3.08. The molecule has 2 rings (SSSR count). The largest absolute Gasteiger partial charge is 0.385 e. The molecule has 0 radical (unpaired) electrons. The Morgan fingerprint density at radius 3 is 2.43 bits per heavy atom. The second kappa shape index (κ2) is 6.74. The van der Waals surface area contributed by atoms with Crippen LogP contribution < -0.4 is 10.5 Å². The maximum atomic E-state index is 11.5. The van der Waals surface area contributed by atoms with E-state index in [-0.39, 0.29) is 4.90 Å². The first-order valence-electron chi connectivity index (χ1n) is 6.88. The minimum absolute atomic E-state index is 0.176. The normalized spacial score (nSPS) is 11.3. The average Bonchev–Trinajstić information content (AvgIpc) is 2.45. The van der Waals surface area contributed by atoms with E-state index in [0.717, 1.165) is 25.1 Å². The van der Waals surface area contributed by atoms with Gasteiger partial charge < -0.3 is 5.32 Å². The molecule has 2 aromatic rings. The molecule has 0 aliphatic heterocycles. The molecule has 2 aromatic carbocycles. The highest BCUT2D eigenvalue weighted by Gasteiger charge is 2.13. The summed E-state index contributed by atoms with van der Waals surface area (Å²) in [6, 6.07) is 15.4. The minimum atomic E-state index is -3.67. The van der Waals surface area contributed by atoms with Crippen LogP contribution >= 0.6 is 0 Å². The van der Waals surface area contributed by atoms with Gasteiger partial charge in [0.1, 0.15) is 0 Å². The zero-order chi connectivity index (χ0) is 15.3. The van der Waals surface area contributed by atoms with Crippen LogP contribution in [0.25, 0.3) is 0 Å². The van der Waals surface area contributed by atoms with E-state index in [1.807, 2.05) is 24.3 Å². The third-order valence-corrected chi connectivity index (χ3v) is 4.45. The number of nitrogens with one attached hydrogen (secondary N) is 1. The summed E-state index contributed by atoms with van der Waals surface area (Å²) >= 11 is 0. The van der Waals surface area contributed by atoms with Crippen molar-refractivity contribution in [3.8, 4) is 0 Å². The van der Waals surface area contributed by atoms with Crippen LogP contribution in [0.15, 0.2) is 53.4 Å². The summed E-state index contributed by atoms with van der Waals surface area (Å²) in [7, 11) is -3.67. The summed E-state index contributed by atoms with van der Waals surface area (Å²) in [6.45, 7) is 2.54. The van der Waals surface area contributed by atoms with Crippen molar-refractivity contribution in [2.75, 3.05) is 11.9 Å². The Labute approximate surface area is 126 Å². The van der Waals surface area contributed by atoms with Gasteiger partial charge in [-0.3, -0.25) is 0 Å². The molecule has 0 bridgehead atoms. The Hall–Kier alpha value is -1.85. The second-order valence-electron chi connectivity index (χ2n) is 4.99. The Kier molecular flexibility index (Phi) is 4.98. The molecule has 0 heterocycles. The molecule has 21 heavy (non-hydrogen) atoms. The number of anilines is 1. The quantitative estimate of drug-likeness (QED) is 0.806. The number of rotatable bonds is 6. The van der Waals surface area contributed by atoms with Crippen LogP contribution in [0.5, 0.6) is 0 Å². The van der Waals surface area contributed by atoms with E-state index in [4.69, 9.17) is 5.14 Å². The van der Waals surface area contributed by atoms with E-state index in [9.17, 15) is 8.42 Å². The molecule has 0 amide bonds. The molecule has 0 saturated carbocycles. The lowest BCUT2D eigenvalue weighted by Gasteiger charge is -2.12. The van der Waals surface area contributed by atoms with Crippen molar-refractivity contribution in [2.45, 2.75) is 24.7 Å². The smallest absolute Gasteiger partial charge is 0.238 e. The highest BCUT2D eigenvalue weighted by Crippen LogP contribution is 2.21.